The molecule has 3 atom stereocenters. The maximum absolute atomic E-state index is 10.4. The average Bonchev–Trinajstić information content (AvgIpc) is 2.33. The van der Waals surface area contributed by atoms with Crippen molar-refractivity contribution in [2.24, 2.45) is 0 Å². The van der Waals surface area contributed by atoms with Crippen LogP contribution < -0.4 is 29.6 Å². The van der Waals surface area contributed by atoms with Crippen molar-refractivity contribution >= 4 is 11.1 Å². The zero-order chi connectivity index (χ0) is 7.56. The van der Waals surface area contributed by atoms with Gasteiger partial charge in [-0.15, -0.1) is 0 Å². The Balaban J connectivity index is 0.000001000. The molecule has 0 radical (unpaired) electrons. The monoisotopic (exact) mass is 188 g/mol. The van der Waals surface area contributed by atoms with Gasteiger partial charge in [-0.05, 0) is 11.1 Å². The fourth-order valence-electron chi connectivity index (χ4n) is 0.914. The Labute approximate surface area is 90.2 Å². The van der Waals surface area contributed by atoms with E-state index in [1.54, 1.807) is 0 Å². The first-order valence-corrected chi connectivity index (χ1v) is 4.08. The molecule has 0 aromatic heterocycles. The van der Waals surface area contributed by atoms with E-state index < -0.39 is 16.3 Å². The average molecular weight is 188 g/mol. The molecule has 1 aliphatic rings. The van der Waals surface area contributed by atoms with Gasteiger partial charge < -0.3 is 14.0 Å². The van der Waals surface area contributed by atoms with Gasteiger partial charge in [0.05, 0.1) is 24.6 Å². The van der Waals surface area contributed by atoms with E-state index >= 15 is 0 Å². The molecule has 0 aromatic carbocycles. The largest absolute Gasteiger partial charge is 1.00 e. The van der Waals surface area contributed by atoms with Crippen LogP contribution in [0, 0.1) is 0 Å². The molecule has 1 heterocycles. The van der Waals surface area contributed by atoms with Gasteiger partial charge in [0, 0.05) is 7.11 Å². The van der Waals surface area contributed by atoms with Crippen LogP contribution in [0.3, 0.4) is 0 Å². The van der Waals surface area contributed by atoms with Crippen molar-refractivity contribution in [1.82, 2.24) is 0 Å². The van der Waals surface area contributed by atoms with E-state index in [1.165, 1.54) is 7.11 Å². The molecule has 4 nitrogen and oxygen atoms in total. The SMILES string of the molecule is CO[C@H]1COC[C@H]1S(=O)[O-].[Na+]. The van der Waals surface area contributed by atoms with Gasteiger partial charge in [-0.3, -0.25) is 4.21 Å². The number of hydrogen-bond donors (Lipinski definition) is 0. The summed E-state index contributed by atoms with van der Waals surface area (Å²) in [6, 6.07) is 0. The van der Waals surface area contributed by atoms with Gasteiger partial charge in [0.25, 0.3) is 0 Å². The van der Waals surface area contributed by atoms with Crippen molar-refractivity contribution < 1.29 is 47.8 Å². The van der Waals surface area contributed by atoms with E-state index in [4.69, 9.17) is 9.47 Å². The van der Waals surface area contributed by atoms with Crippen molar-refractivity contribution in [3.8, 4) is 0 Å². The standard InChI is InChI=1S/C5H10O4S.Na/c1-8-4-2-9-3-5(4)10(6)7;/h4-5H,2-3H2,1H3,(H,6,7);/q;+1/p-1/t4-,5+;/m0./s1. The molecular weight excluding hydrogens is 179 g/mol. The topological polar surface area (TPSA) is 58.6 Å². The summed E-state index contributed by atoms with van der Waals surface area (Å²) in [5.41, 5.74) is 0. The van der Waals surface area contributed by atoms with Crippen LogP contribution in [0.1, 0.15) is 0 Å². The minimum Gasteiger partial charge on any atom is -0.772 e. The molecule has 0 N–H and O–H groups in total. The number of ether oxygens (including phenoxy) is 2. The summed E-state index contributed by atoms with van der Waals surface area (Å²) < 4.78 is 30.6. The second-order valence-electron chi connectivity index (χ2n) is 2.11. The number of hydrogen-bond acceptors (Lipinski definition) is 4. The number of methoxy groups -OCH3 is 1. The van der Waals surface area contributed by atoms with Crippen molar-refractivity contribution in [3.63, 3.8) is 0 Å². The summed E-state index contributed by atoms with van der Waals surface area (Å²) in [4.78, 5) is 0. The summed E-state index contributed by atoms with van der Waals surface area (Å²) in [5.74, 6) is 0. The summed E-state index contributed by atoms with van der Waals surface area (Å²) >= 11 is -2.07. The summed E-state index contributed by atoms with van der Waals surface area (Å²) in [5, 5.41) is -0.481. The molecule has 11 heavy (non-hydrogen) atoms. The molecule has 60 valence electrons. The van der Waals surface area contributed by atoms with Crippen molar-refractivity contribution in [2.75, 3.05) is 20.3 Å². The van der Waals surface area contributed by atoms with Crippen LogP contribution in [-0.4, -0.2) is 40.4 Å². The van der Waals surface area contributed by atoms with Crippen LogP contribution in [0.25, 0.3) is 0 Å². The first-order valence-electron chi connectivity index (χ1n) is 2.94. The summed E-state index contributed by atoms with van der Waals surface area (Å²) in [6.07, 6.45) is -0.279. The van der Waals surface area contributed by atoms with Crippen LogP contribution in [0.15, 0.2) is 0 Å². The van der Waals surface area contributed by atoms with Gasteiger partial charge in [-0.2, -0.15) is 0 Å². The minimum absolute atomic E-state index is 0. The minimum atomic E-state index is -2.07. The van der Waals surface area contributed by atoms with E-state index in [2.05, 4.69) is 0 Å². The van der Waals surface area contributed by atoms with E-state index in [-0.39, 0.29) is 42.3 Å². The molecular formula is C5H9NaO4S. The second-order valence-corrected chi connectivity index (χ2v) is 3.24. The van der Waals surface area contributed by atoms with Gasteiger partial charge in [0.1, 0.15) is 0 Å². The van der Waals surface area contributed by atoms with E-state index in [9.17, 15) is 8.76 Å². The van der Waals surface area contributed by atoms with Crippen molar-refractivity contribution in [2.45, 2.75) is 11.4 Å². The van der Waals surface area contributed by atoms with Crippen LogP contribution >= 0.6 is 0 Å². The molecule has 0 amide bonds. The molecule has 1 aliphatic heterocycles. The fraction of sp³-hybridized carbons (Fsp3) is 1.00. The number of rotatable bonds is 2. The quantitative estimate of drug-likeness (QED) is 0.330. The maximum Gasteiger partial charge on any atom is 1.00 e. The third-order valence-corrected chi connectivity index (χ3v) is 2.46. The molecule has 1 fully saturated rings. The van der Waals surface area contributed by atoms with Crippen LogP contribution in [0.4, 0.5) is 0 Å². The molecule has 1 rings (SSSR count). The Morgan fingerprint density at radius 3 is 2.64 bits per heavy atom. The van der Waals surface area contributed by atoms with Crippen LogP contribution in [0.5, 0.6) is 0 Å². The van der Waals surface area contributed by atoms with Crippen LogP contribution in [0.2, 0.25) is 0 Å². The molecule has 0 bridgehead atoms. The van der Waals surface area contributed by atoms with Gasteiger partial charge >= 0.3 is 29.6 Å². The molecule has 0 saturated carbocycles. The van der Waals surface area contributed by atoms with Crippen LogP contribution in [-0.2, 0) is 20.6 Å². The zero-order valence-corrected chi connectivity index (χ0v) is 9.43. The Bertz CT molecular complexity index is 142. The van der Waals surface area contributed by atoms with Gasteiger partial charge in [0.2, 0.25) is 0 Å². The zero-order valence-electron chi connectivity index (χ0n) is 6.61. The fourth-order valence-corrected chi connectivity index (χ4v) is 1.56. The first-order chi connectivity index (χ1) is 4.75. The Hall–Kier alpha value is 1.03. The molecule has 1 saturated heterocycles. The predicted octanol–water partition coefficient (Wildman–Crippen LogP) is -3.72. The van der Waals surface area contributed by atoms with Gasteiger partial charge in [-0.1, -0.05) is 0 Å². The van der Waals surface area contributed by atoms with E-state index in [0.29, 0.717) is 6.61 Å². The smallest absolute Gasteiger partial charge is 0.772 e. The third-order valence-electron chi connectivity index (χ3n) is 1.53. The molecule has 1 unspecified atom stereocenters. The van der Waals surface area contributed by atoms with E-state index in [0.717, 1.165) is 0 Å². The normalized spacial score (nSPS) is 32.9. The molecule has 0 aliphatic carbocycles. The second kappa shape index (κ2) is 5.64. The van der Waals surface area contributed by atoms with E-state index in [1.807, 2.05) is 0 Å². The first kappa shape index (κ1) is 12.0. The predicted molar refractivity (Wildman–Crippen MR) is 34.3 cm³/mol. The molecule has 0 spiro atoms. The third kappa shape index (κ3) is 3.10. The Morgan fingerprint density at radius 1 is 1.64 bits per heavy atom. The Kier molecular flexibility index (Phi) is 6.17. The Morgan fingerprint density at radius 2 is 2.27 bits per heavy atom. The summed E-state index contributed by atoms with van der Waals surface area (Å²) in [7, 11) is 1.49. The van der Waals surface area contributed by atoms with Crippen molar-refractivity contribution in [1.29, 1.82) is 0 Å². The molecule has 0 aromatic rings. The molecule has 6 heteroatoms. The van der Waals surface area contributed by atoms with Gasteiger partial charge in [0.15, 0.2) is 0 Å². The van der Waals surface area contributed by atoms with Crippen molar-refractivity contribution in [3.05, 3.63) is 0 Å². The maximum atomic E-state index is 10.4. The van der Waals surface area contributed by atoms with Gasteiger partial charge in [-0.25, -0.2) is 0 Å². The summed E-state index contributed by atoms with van der Waals surface area (Å²) in [6.45, 7) is 0.643.